The van der Waals surface area contributed by atoms with E-state index in [1.807, 2.05) is 38.3 Å². The molecule has 3 aliphatic heterocycles. The molecule has 0 unspecified atom stereocenters. The third-order valence-electron chi connectivity index (χ3n) is 5.42. The number of likely N-dealkylation sites (tertiary alicyclic amines) is 1. The molecule has 32 heavy (non-hydrogen) atoms. The third-order valence-corrected chi connectivity index (χ3v) is 5.42. The van der Waals surface area contributed by atoms with Crippen molar-refractivity contribution in [1.29, 1.82) is 5.41 Å². The number of aliphatic imine (C=N–C) groups is 2. The first-order valence-electron chi connectivity index (χ1n) is 10.4. The van der Waals surface area contributed by atoms with Crippen LogP contribution in [0.1, 0.15) is 13.8 Å². The van der Waals surface area contributed by atoms with E-state index in [0.29, 0.717) is 30.4 Å². The standard InChI is InChI=1S/C23H30N8O/c1-14(2)15(8-24)7-21(25)30-22-5-4-19-20(29-22)6-16(9-28-19)18(10-27-3)23(26)17-11-31(12-17)13-32/h4-10,13-14,17,24,28-29H,11-12,26H2,1-3H3,(H2,25,30). The van der Waals surface area contributed by atoms with Crippen molar-refractivity contribution in [2.45, 2.75) is 13.8 Å². The van der Waals surface area contributed by atoms with Crippen molar-refractivity contribution in [2.75, 3.05) is 20.1 Å². The monoisotopic (exact) mass is 434 g/mol. The van der Waals surface area contributed by atoms with E-state index in [2.05, 4.69) is 20.6 Å². The van der Waals surface area contributed by atoms with Gasteiger partial charge in [0.25, 0.3) is 0 Å². The molecule has 0 bridgehead atoms. The van der Waals surface area contributed by atoms with E-state index in [1.165, 1.54) is 6.21 Å². The number of carbonyl (C=O) groups is 1. The molecule has 0 spiro atoms. The van der Waals surface area contributed by atoms with Crippen LogP contribution in [0.2, 0.25) is 0 Å². The molecule has 0 atom stereocenters. The van der Waals surface area contributed by atoms with Crippen LogP contribution in [0.25, 0.3) is 0 Å². The zero-order chi connectivity index (χ0) is 23.3. The summed E-state index contributed by atoms with van der Waals surface area (Å²) >= 11 is 0. The van der Waals surface area contributed by atoms with Gasteiger partial charge in [-0.15, -0.1) is 0 Å². The Hall–Kier alpha value is -3.88. The molecule has 9 nitrogen and oxygen atoms in total. The minimum absolute atomic E-state index is 0.111. The lowest BCUT2D eigenvalue weighted by molar-refractivity contribution is -0.122. The fourth-order valence-corrected chi connectivity index (χ4v) is 3.49. The number of dihydropyridines is 2. The summed E-state index contributed by atoms with van der Waals surface area (Å²) in [4.78, 5) is 21.2. The normalized spacial score (nSPS) is 20.2. The van der Waals surface area contributed by atoms with Gasteiger partial charge in [0.05, 0.1) is 11.4 Å². The maximum absolute atomic E-state index is 10.9. The fourth-order valence-electron chi connectivity index (χ4n) is 3.49. The molecule has 0 saturated carbocycles. The first kappa shape index (κ1) is 22.8. The van der Waals surface area contributed by atoms with Crippen molar-refractivity contribution in [3.8, 4) is 0 Å². The van der Waals surface area contributed by atoms with Crippen molar-refractivity contribution in [3.05, 3.63) is 70.1 Å². The molecule has 0 radical (unpaired) electrons. The van der Waals surface area contributed by atoms with Gasteiger partial charge in [-0.3, -0.25) is 9.79 Å². The molecule has 0 aromatic carbocycles. The minimum Gasteiger partial charge on any atom is -0.401 e. The number of allylic oxidation sites excluding steroid dienone is 6. The number of amides is 1. The number of amidine groups is 1. The van der Waals surface area contributed by atoms with Gasteiger partial charge in [-0.1, -0.05) is 13.8 Å². The van der Waals surface area contributed by atoms with Gasteiger partial charge < -0.3 is 32.4 Å². The summed E-state index contributed by atoms with van der Waals surface area (Å²) in [7, 11) is 1.70. The second-order valence-corrected chi connectivity index (χ2v) is 8.05. The van der Waals surface area contributed by atoms with Crippen LogP contribution in [0, 0.1) is 17.2 Å². The Bertz CT molecular complexity index is 1030. The molecular formula is C23H30N8O. The van der Waals surface area contributed by atoms with Gasteiger partial charge in [0.1, 0.15) is 11.7 Å². The predicted molar refractivity (Wildman–Crippen MR) is 129 cm³/mol. The molecule has 1 fully saturated rings. The van der Waals surface area contributed by atoms with Gasteiger partial charge in [-0.25, -0.2) is 4.99 Å². The number of nitrogens with zero attached hydrogens (tertiary/aromatic N) is 3. The van der Waals surface area contributed by atoms with Crippen LogP contribution in [0.3, 0.4) is 0 Å². The molecular weight excluding hydrogens is 404 g/mol. The lowest BCUT2D eigenvalue weighted by Gasteiger charge is -2.37. The molecule has 1 amide bonds. The highest BCUT2D eigenvalue weighted by atomic mass is 16.1. The maximum atomic E-state index is 10.9. The average molecular weight is 435 g/mol. The van der Waals surface area contributed by atoms with Crippen LogP contribution in [-0.4, -0.2) is 49.7 Å². The van der Waals surface area contributed by atoms with Gasteiger partial charge >= 0.3 is 0 Å². The molecule has 3 heterocycles. The number of nitrogens with two attached hydrogens (primary N) is 2. The Balaban J connectivity index is 1.83. The Morgan fingerprint density at radius 2 is 2.03 bits per heavy atom. The van der Waals surface area contributed by atoms with Gasteiger partial charge in [-0.05, 0) is 35.8 Å². The molecule has 9 heteroatoms. The molecule has 0 aromatic rings. The van der Waals surface area contributed by atoms with Crippen molar-refractivity contribution in [2.24, 2.45) is 33.3 Å². The number of hydrogen-bond acceptors (Lipinski definition) is 7. The number of carbonyl (C=O) groups excluding carboxylic acids is 1. The zero-order valence-corrected chi connectivity index (χ0v) is 18.6. The first-order chi connectivity index (χ1) is 15.4. The van der Waals surface area contributed by atoms with E-state index in [1.54, 1.807) is 24.2 Å². The molecule has 3 rings (SSSR count). The highest BCUT2D eigenvalue weighted by molar-refractivity contribution is 5.97. The van der Waals surface area contributed by atoms with Crippen molar-refractivity contribution < 1.29 is 4.79 Å². The summed E-state index contributed by atoms with van der Waals surface area (Å²) in [5.74, 6) is 1.21. The number of nitrogens with one attached hydrogen (secondary N) is 3. The van der Waals surface area contributed by atoms with E-state index < -0.39 is 0 Å². The van der Waals surface area contributed by atoms with Crippen LogP contribution in [0.15, 0.2) is 80.1 Å². The Morgan fingerprint density at radius 1 is 1.28 bits per heavy atom. The smallest absolute Gasteiger partial charge is 0.209 e. The van der Waals surface area contributed by atoms with Crippen LogP contribution in [0.5, 0.6) is 0 Å². The molecule has 1 saturated heterocycles. The molecule has 168 valence electrons. The molecule has 3 aliphatic rings. The highest BCUT2D eigenvalue weighted by Crippen LogP contribution is 2.28. The Morgan fingerprint density at radius 3 is 2.66 bits per heavy atom. The van der Waals surface area contributed by atoms with E-state index in [4.69, 9.17) is 16.9 Å². The third kappa shape index (κ3) is 5.05. The van der Waals surface area contributed by atoms with E-state index in [9.17, 15) is 4.79 Å². The Labute approximate surface area is 188 Å². The summed E-state index contributed by atoms with van der Waals surface area (Å²) in [6.07, 6.45) is 13.2. The second kappa shape index (κ2) is 9.95. The quantitative estimate of drug-likeness (QED) is 0.222. The van der Waals surface area contributed by atoms with Crippen molar-refractivity contribution in [1.82, 2.24) is 15.5 Å². The number of rotatable bonds is 8. The van der Waals surface area contributed by atoms with Gasteiger partial charge in [0.15, 0.2) is 0 Å². The molecule has 7 N–H and O–H groups in total. The number of fused-ring (bicyclic) bond motifs is 1. The first-order valence-corrected chi connectivity index (χ1v) is 10.4. The van der Waals surface area contributed by atoms with Crippen LogP contribution in [-0.2, 0) is 4.79 Å². The van der Waals surface area contributed by atoms with Crippen LogP contribution >= 0.6 is 0 Å². The summed E-state index contributed by atoms with van der Waals surface area (Å²) < 4.78 is 0. The van der Waals surface area contributed by atoms with E-state index in [-0.39, 0.29) is 11.8 Å². The topological polar surface area (TPSA) is 145 Å². The van der Waals surface area contributed by atoms with Gasteiger partial charge in [-0.2, -0.15) is 0 Å². The van der Waals surface area contributed by atoms with Gasteiger partial charge in [0, 0.05) is 61.5 Å². The fraction of sp³-hybridized carbons (Fsp3) is 0.304. The SMILES string of the molecule is CN=CC(C1=CNC2=CC=C(N=C(N)C=C(C=N)C(C)C)NC2=C1)=C(N)C1CN(C=O)C1. The molecule has 0 aromatic heterocycles. The Kier molecular flexibility index (Phi) is 7.09. The average Bonchev–Trinajstić information content (AvgIpc) is 2.74. The van der Waals surface area contributed by atoms with E-state index in [0.717, 1.165) is 34.5 Å². The van der Waals surface area contributed by atoms with E-state index >= 15 is 0 Å². The summed E-state index contributed by atoms with van der Waals surface area (Å²) in [5, 5.41) is 14.1. The summed E-state index contributed by atoms with van der Waals surface area (Å²) in [6.45, 7) is 5.22. The molecule has 0 aliphatic carbocycles. The van der Waals surface area contributed by atoms with Gasteiger partial charge in [0.2, 0.25) is 6.41 Å². The minimum atomic E-state index is 0.111. The maximum Gasteiger partial charge on any atom is 0.209 e. The largest absolute Gasteiger partial charge is 0.401 e. The lowest BCUT2D eigenvalue weighted by Crippen LogP contribution is -2.48. The summed E-state index contributed by atoms with van der Waals surface area (Å²) in [6, 6.07) is 0. The highest BCUT2D eigenvalue weighted by Gasteiger charge is 2.30. The zero-order valence-electron chi connectivity index (χ0n) is 18.6. The number of hydrogen-bond donors (Lipinski definition) is 5. The van der Waals surface area contributed by atoms with Crippen molar-refractivity contribution >= 4 is 24.7 Å². The second-order valence-electron chi connectivity index (χ2n) is 8.05. The predicted octanol–water partition coefficient (Wildman–Crippen LogP) is 1.28. The van der Waals surface area contributed by atoms with Crippen LogP contribution in [0.4, 0.5) is 0 Å². The van der Waals surface area contributed by atoms with Crippen LogP contribution < -0.4 is 22.1 Å². The van der Waals surface area contributed by atoms with Crippen molar-refractivity contribution in [3.63, 3.8) is 0 Å². The summed E-state index contributed by atoms with van der Waals surface area (Å²) in [5.41, 5.74) is 17.4. The lowest BCUT2D eigenvalue weighted by atomic mass is 9.90.